The van der Waals surface area contributed by atoms with Crippen molar-refractivity contribution in [2.75, 3.05) is 36.5 Å². The Labute approximate surface area is 184 Å². The molecular formula is C21H24N8O3. The number of rotatable bonds is 5. The van der Waals surface area contributed by atoms with Crippen LogP contribution in [0.1, 0.15) is 28.9 Å². The molecule has 4 rings (SSSR count). The summed E-state index contributed by atoms with van der Waals surface area (Å²) in [6.45, 7) is 1.37. The third-order valence-corrected chi connectivity index (χ3v) is 5.59. The van der Waals surface area contributed by atoms with E-state index in [0.29, 0.717) is 54.9 Å². The first-order valence-electron chi connectivity index (χ1n) is 10.2. The maximum Gasteiger partial charge on any atom is 0.306 e. The number of carbonyl (C=O) groups is 2. The van der Waals surface area contributed by atoms with Gasteiger partial charge in [-0.1, -0.05) is 0 Å². The molecule has 0 saturated carbocycles. The molecule has 0 aliphatic carbocycles. The summed E-state index contributed by atoms with van der Waals surface area (Å²) in [7, 11) is 1.90. The van der Waals surface area contributed by atoms with Crippen LogP contribution in [0, 0.1) is 5.92 Å². The van der Waals surface area contributed by atoms with Crippen LogP contribution in [0.3, 0.4) is 0 Å². The minimum atomic E-state index is -0.792. The van der Waals surface area contributed by atoms with Gasteiger partial charge < -0.3 is 26.4 Å². The van der Waals surface area contributed by atoms with Crippen LogP contribution in [0.5, 0.6) is 0 Å². The van der Waals surface area contributed by atoms with Crippen LogP contribution in [0.2, 0.25) is 0 Å². The van der Waals surface area contributed by atoms with Crippen molar-refractivity contribution in [1.82, 2.24) is 24.8 Å². The summed E-state index contributed by atoms with van der Waals surface area (Å²) in [5.74, 6) is -1.01. The molecule has 166 valence electrons. The number of hydrogen-bond acceptors (Lipinski definition) is 9. The van der Waals surface area contributed by atoms with Gasteiger partial charge in [0, 0.05) is 31.4 Å². The molecule has 0 spiro atoms. The van der Waals surface area contributed by atoms with E-state index in [9.17, 15) is 9.59 Å². The van der Waals surface area contributed by atoms with Crippen molar-refractivity contribution in [3.63, 3.8) is 0 Å². The maximum atomic E-state index is 12.7. The predicted molar refractivity (Wildman–Crippen MR) is 119 cm³/mol. The highest BCUT2D eigenvalue weighted by molar-refractivity contribution is 5.94. The molecule has 1 amide bonds. The maximum absolute atomic E-state index is 12.7. The minimum Gasteiger partial charge on any atom is -0.481 e. The highest BCUT2D eigenvalue weighted by Gasteiger charge is 2.27. The third-order valence-electron chi connectivity index (χ3n) is 5.59. The summed E-state index contributed by atoms with van der Waals surface area (Å²) in [5.41, 5.74) is 14.4. The van der Waals surface area contributed by atoms with E-state index in [-0.39, 0.29) is 23.6 Å². The number of hydrogen-bond donors (Lipinski definition) is 3. The number of nitrogens with zero attached hydrogens (tertiary/aromatic N) is 6. The van der Waals surface area contributed by atoms with Crippen LogP contribution in [0.25, 0.3) is 11.2 Å². The van der Waals surface area contributed by atoms with Gasteiger partial charge in [-0.3, -0.25) is 9.59 Å². The van der Waals surface area contributed by atoms with Crippen LogP contribution in [-0.4, -0.2) is 62.0 Å². The first-order chi connectivity index (χ1) is 15.3. The molecule has 1 aliphatic rings. The molecule has 0 radical (unpaired) electrons. The second-order valence-electron chi connectivity index (χ2n) is 7.81. The van der Waals surface area contributed by atoms with Gasteiger partial charge in [-0.05, 0) is 37.1 Å². The smallest absolute Gasteiger partial charge is 0.306 e. The molecule has 0 bridgehead atoms. The van der Waals surface area contributed by atoms with Gasteiger partial charge in [0.05, 0.1) is 24.4 Å². The lowest BCUT2D eigenvalue weighted by molar-refractivity contribution is -0.143. The fraction of sp³-hybridized carbons (Fsp3) is 0.333. The zero-order valence-corrected chi connectivity index (χ0v) is 17.6. The first kappa shape index (κ1) is 21.2. The lowest BCUT2D eigenvalue weighted by Gasteiger charge is -2.30. The Morgan fingerprint density at radius 2 is 1.81 bits per heavy atom. The highest BCUT2D eigenvalue weighted by Crippen LogP contribution is 2.22. The number of benzene rings is 1. The Kier molecular flexibility index (Phi) is 5.71. The number of nitrogens with two attached hydrogens (primary N) is 2. The van der Waals surface area contributed by atoms with Crippen molar-refractivity contribution in [1.29, 1.82) is 0 Å². The number of aliphatic carboxylic acids is 1. The lowest BCUT2D eigenvalue weighted by atomic mass is 9.96. The van der Waals surface area contributed by atoms with E-state index in [1.807, 2.05) is 24.1 Å². The number of carbonyl (C=O) groups excluding carboxylic acids is 1. The van der Waals surface area contributed by atoms with Crippen molar-refractivity contribution < 1.29 is 14.7 Å². The van der Waals surface area contributed by atoms with Crippen molar-refractivity contribution in [2.24, 2.45) is 5.92 Å². The van der Waals surface area contributed by atoms with Crippen molar-refractivity contribution in [3.05, 3.63) is 41.7 Å². The second kappa shape index (κ2) is 8.61. The Bertz CT molecular complexity index is 1160. The molecule has 5 N–H and O–H groups in total. The fourth-order valence-electron chi connectivity index (χ4n) is 3.76. The van der Waals surface area contributed by atoms with E-state index in [4.69, 9.17) is 16.6 Å². The van der Waals surface area contributed by atoms with E-state index in [1.54, 1.807) is 23.2 Å². The molecule has 0 unspecified atom stereocenters. The molecule has 2 aromatic heterocycles. The molecule has 1 aliphatic heterocycles. The minimum absolute atomic E-state index is 0.0510. The standard InChI is InChI=1S/C21H24N8O3/c1-28(11-14-10-24-18-16(25-14)17(22)26-21(23)27-18)15-4-2-12(3-5-15)19(30)29-8-6-13(7-9-29)20(31)32/h2-5,10,13H,6-9,11H2,1H3,(H,31,32)(H4,22,23,24,26,27). The molecule has 11 heteroatoms. The van der Waals surface area contributed by atoms with Crippen molar-refractivity contribution in [2.45, 2.75) is 19.4 Å². The highest BCUT2D eigenvalue weighted by atomic mass is 16.4. The van der Waals surface area contributed by atoms with E-state index < -0.39 is 5.97 Å². The Balaban J connectivity index is 1.42. The second-order valence-corrected chi connectivity index (χ2v) is 7.81. The number of likely N-dealkylation sites (tertiary alicyclic amines) is 1. The zero-order chi connectivity index (χ0) is 22.8. The molecule has 1 aromatic carbocycles. The topological polar surface area (TPSA) is 164 Å². The molecule has 3 aromatic rings. The fourth-order valence-corrected chi connectivity index (χ4v) is 3.76. The number of fused-ring (bicyclic) bond motifs is 1. The van der Waals surface area contributed by atoms with Gasteiger partial charge in [-0.25, -0.2) is 9.97 Å². The van der Waals surface area contributed by atoms with Gasteiger partial charge in [0.1, 0.15) is 0 Å². The summed E-state index contributed by atoms with van der Waals surface area (Å²) in [6.07, 6.45) is 2.58. The number of anilines is 3. The quantitative estimate of drug-likeness (QED) is 0.528. The Hall–Kier alpha value is -4.02. The summed E-state index contributed by atoms with van der Waals surface area (Å²) >= 11 is 0. The van der Waals surface area contributed by atoms with Crippen molar-refractivity contribution in [3.8, 4) is 0 Å². The van der Waals surface area contributed by atoms with Crippen LogP contribution in [0.15, 0.2) is 30.5 Å². The number of aromatic nitrogens is 4. The normalized spacial score (nSPS) is 14.5. The van der Waals surface area contributed by atoms with Gasteiger partial charge in [-0.2, -0.15) is 9.97 Å². The van der Waals surface area contributed by atoms with Crippen LogP contribution in [0.4, 0.5) is 17.5 Å². The molecule has 32 heavy (non-hydrogen) atoms. The van der Waals surface area contributed by atoms with Crippen molar-refractivity contribution >= 4 is 40.5 Å². The Morgan fingerprint density at radius 3 is 2.47 bits per heavy atom. The predicted octanol–water partition coefficient (Wildman–Crippen LogP) is 1.16. The third kappa shape index (κ3) is 4.36. The Morgan fingerprint density at radius 1 is 1.12 bits per heavy atom. The molecule has 11 nitrogen and oxygen atoms in total. The number of carboxylic acid groups (broad SMARTS) is 1. The SMILES string of the molecule is CN(Cc1cnc2nc(N)nc(N)c2n1)c1ccc(C(=O)N2CCC(C(=O)O)CC2)cc1. The van der Waals surface area contributed by atoms with E-state index >= 15 is 0 Å². The van der Waals surface area contributed by atoms with Gasteiger partial charge in [0.2, 0.25) is 5.95 Å². The van der Waals surface area contributed by atoms with Crippen LogP contribution in [-0.2, 0) is 11.3 Å². The number of amides is 1. The van der Waals surface area contributed by atoms with E-state index in [0.717, 1.165) is 5.69 Å². The molecule has 1 fully saturated rings. The van der Waals surface area contributed by atoms with E-state index in [1.165, 1.54) is 0 Å². The van der Waals surface area contributed by atoms with Crippen LogP contribution >= 0.6 is 0 Å². The monoisotopic (exact) mass is 436 g/mol. The van der Waals surface area contributed by atoms with Gasteiger partial charge in [0.25, 0.3) is 5.91 Å². The van der Waals surface area contributed by atoms with Crippen LogP contribution < -0.4 is 16.4 Å². The average molecular weight is 436 g/mol. The summed E-state index contributed by atoms with van der Waals surface area (Å²) < 4.78 is 0. The number of carboxylic acids is 1. The molecule has 0 atom stereocenters. The van der Waals surface area contributed by atoms with Gasteiger partial charge in [0.15, 0.2) is 17.0 Å². The lowest BCUT2D eigenvalue weighted by Crippen LogP contribution is -2.40. The zero-order valence-electron chi connectivity index (χ0n) is 17.6. The molecule has 1 saturated heterocycles. The van der Waals surface area contributed by atoms with E-state index in [2.05, 4.69) is 19.9 Å². The summed E-state index contributed by atoms with van der Waals surface area (Å²) in [5, 5.41) is 9.11. The molecule has 3 heterocycles. The average Bonchev–Trinajstić information content (AvgIpc) is 2.79. The molecular weight excluding hydrogens is 412 g/mol. The number of piperidine rings is 1. The van der Waals surface area contributed by atoms with Gasteiger partial charge >= 0.3 is 5.97 Å². The summed E-state index contributed by atoms with van der Waals surface area (Å²) in [4.78, 5) is 44.2. The number of nitrogen functional groups attached to an aromatic ring is 2. The largest absolute Gasteiger partial charge is 0.481 e. The summed E-state index contributed by atoms with van der Waals surface area (Å²) in [6, 6.07) is 7.28. The first-order valence-corrected chi connectivity index (χ1v) is 10.2. The van der Waals surface area contributed by atoms with Gasteiger partial charge in [-0.15, -0.1) is 0 Å².